The predicted octanol–water partition coefficient (Wildman–Crippen LogP) is 4.88. The zero-order valence-electron chi connectivity index (χ0n) is 11.7. The highest BCUT2D eigenvalue weighted by Crippen LogP contribution is 2.27. The Labute approximate surface area is 133 Å². The second-order valence-corrected chi connectivity index (χ2v) is 5.27. The number of fused-ring (bicyclic) bond motifs is 1. The molecule has 0 aliphatic carbocycles. The summed E-state index contributed by atoms with van der Waals surface area (Å²) in [6.07, 6.45) is 1.32. The van der Waals surface area contributed by atoms with E-state index in [9.17, 15) is 0 Å². The van der Waals surface area contributed by atoms with Crippen molar-refractivity contribution in [2.45, 2.75) is 6.61 Å². The first-order chi connectivity index (χ1) is 10.8. The molecule has 110 valence electrons. The van der Waals surface area contributed by atoms with Crippen molar-refractivity contribution in [3.63, 3.8) is 0 Å². The average Bonchev–Trinajstić information content (AvgIpc) is 2.54. The Morgan fingerprint density at radius 1 is 1.05 bits per heavy atom. The molecule has 0 bridgehead atoms. The van der Waals surface area contributed by atoms with Gasteiger partial charge >= 0.3 is 0 Å². The summed E-state index contributed by atoms with van der Waals surface area (Å²) in [5.41, 5.74) is 1.82. The lowest BCUT2D eigenvalue weighted by atomic mass is 10.1. The van der Waals surface area contributed by atoms with Crippen molar-refractivity contribution in [3.05, 3.63) is 76.8 Å². The quantitative estimate of drug-likeness (QED) is 0.424. The van der Waals surface area contributed by atoms with E-state index in [1.807, 2.05) is 24.3 Å². The van der Waals surface area contributed by atoms with E-state index in [1.165, 1.54) is 17.0 Å². The van der Waals surface area contributed by atoms with Crippen molar-refractivity contribution in [3.8, 4) is 5.75 Å². The van der Waals surface area contributed by atoms with E-state index in [2.05, 4.69) is 23.4 Å². The fraction of sp³-hybridized carbons (Fsp3) is 0.0556. The van der Waals surface area contributed by atoms with Crippen molar-refractivity contribution in [2.24, 2.45) is 5.16 Å². The first-order valence-electron chi connectivity index (χ1n) is 6.84. The number of benzene rings is 3. The molecule has 0 aromatic heterocycles. The van der Waals surface area contributed by atoms with Crippen LogP contribution in [0.3, 0.4) is 0 Å². The Hall–Kier alpha value is -2.52. The lowest BCUT2D eigenvalue weighted by molar-refractivity contribution is 0.308. The summed E-state index contributed by atoms with van der Waals surface area (Å²) in [5.74, 6) is 0.602. The molecule has 22 heavy (non-hydrogen) atoms. The fourth-order valence-electron chi connectivity index (χ4n) is 2.35. The van der Waals surface area contributed by atoms with E-state index >= 15 is 0 Å². The normalized spacial score (nSPS) is 11.1. The Morgan fingerprint density at radius 2 is 1.86 bits per heavy atom. The van der Waals surface area contributed by atoms with Crippen LogP contribution in [-0.4, -0.2) is 11.4 Å². The van der Waals surface area contributed by atoms with Gasteiger partial charge in [0.15, 0.2) is 0 Å². The summed E-state index contributed by atoms with van der Waals surface area (Å²) in [7, 11) is 0. The lowest BCUT2D eigenvalue weighted by Gasteiger charge is -2.10. The summed E-state index contributed by atoms with van der Waals surface area (Å²) < 4.78 is 5.83. The minimum atomic E-state index is 0.439. The van der Waals surface area contributed by atoms with Gasteiger partial charge < -0.3 is 9.94 Å². The van der Waals surface area contributed by atoms with Crippen molar-refractivity contribution >= 4 is 28.6 Å². The summed E-state index contributed by atoms with van der Waals surface area (Å²) in [5, 5.41) is 14.3. The Balaban J connectivity index is 1.82. The number of oxime groups is 1. The highest BCUT2D eigenvalue weighted by Gasteiger charge is 2.05. The van der Waals surface area contributed by atoms with Gasteiger partial charge in [-0.15, -0.1) is 0 Å². The molecule has 0 fully saturated rings. The molecule has 0 unspecified atom stereocenters. The molecule has 1 N–H and O–H groups in total. The molecule has 4 heteroatoms. The maximum Gasteiger partial charge on any atom is 0.138 e. The summed E-state index contributed by atoms with van der Waals surface area (Å²) in [6.45, 7) is 0.439. The van der Waals surface area contributed by atoms with Crippen LogP contribution in [0.4, 0.5) is 0 Å². The smallest absolute Gasteiger partial charge is 0.138 e. The highest BCUT2D eigenvalue weighted by atomic mass is 35.5. The monoisotopic (exact) mass is 311 g/mol. The Kier molecular flexibility index (Phi) is 4.26. The molecule has 3 aromatic carbocycles. The number of ether oxygens (including phenoxy) is 1. The SMILES string of the molecule is O/N=C\c1ccc(OCc2cccc3ccccc23)c(Cl)c1. The first-order valence-corrected chi connectivity index (χ1v) is 7.22. The number of halogens is 1. The van der Waals surface area contributed by atoms with Gasteiger partial charge in [0.1, 0.15) is 12.4 Å². The molecular formula is C18H14ClNO2. The van der Waals surface area contributed by atoms with Gasteiger partial charge in [0.25, 0.3) is 0 Å². The minimum Gasteiger partial charge on any atom is -0.487 e. The van der Waals surface area contributed by atoms with Gasteiger partial charge in [0.05, 0.1) is 11.2 Å². The molecule has 0 heterocycles. The van der Waals surface area contributed by atoms with Crippen molar-refractivity contribution in [2.75, 3.05) is 0 Å². The van der Waals surface area contributed by atoms with Crippen LogP contribution in [0, 0.1) is 0 Å². The topological polar surface area (TPSA) is 41.8 Å². The Bertz CT molecular complexity index is 825. The first kappa shape index (κ1) is 14.4. The molecule has 3 nitrogen and oxygen atoms in total. The van der Waals surface area contributed by atoms with Crippen LogP contribution >= 0.6 is 11.6 Å². The molecule has 3 aromatic rings. The largest absolute Gasteiger partial charge is 0.487 e. The number of rotatable bonds is 4. The molecule has 0 atom stereocenters. The second-order valence-electron chi connectivity index (χ2n) is 4.86. The van der Waals surface area contributed by atoms with Crippen LogP contribution in [0.2, 0.25) is 5.02 Å². The van der Waals surface area contributed by atoms with E-state index < -0.39 is 0 Å². The molecule has 0 aliphatic rings. The van der Waals surface area contributed by atoms with Gasteiger partial charge in [-0.25, -0.2) is 0 Å². The van der Waals surface area contributed by atoms with Crippen molar-refractivity contribution < 1.29 is 9.94 Å². The molecule has 0 radical (unpaired) electrons. The number of hydrogen-bond donors (Lipinski definition) is 1. The van der Waals surface area contributed by atoms with E-state index in [-0.39, 0.29) is 0 Å². The average molecular weight is 312 g/mol. The fourth-order valence-corrected chi connectivity index (χ4v) is 2.60. The zero-order valence-corrected chi connectivity index (χ0v) is 12.5. The van der Waals surface area contributed by atoms with Crippen LogP contribution in [0.15, 0.2) is 65.8 Å². The molecule has 0 saturated heterocycles. The maximum absolute atomic E-state index is 8.53. The molecule has 0 saturated carbocycles. The molecule has 0 aliphatic heterocycles. The maximum atomic E-state index is 8.53. The van der Waals surface area contributed by atoms with Gasteiger partial charge in [-0.3, -0.25) is 0 Å². The van der Waals surface area contributed by atoms with Gasteiger partial charge in [0, 0.05) is 0 Å². The van der Waals surface area contributed by atoms with E-state index in [1.54, 1.807) is 18.2 Å². The van der Waals surface area contributed by atoms with Crippen LogP contribution in [-0.2, 0) is 6.61 Å². The molecule has 3 rings (SSSR count). The summed E-state index contributed by atoms with van der Waals surface area (Å²) in [4.78, 5) is 0. The third kappa shape index (κ3) is 3.05. The van der Waals surface area contributed by atoms with Crippen LogP contribution in [0.5, 0.6) is 5.75 Å². The molecule has 0 spiro atoms. The van der Waals surface area contributed by atoms with Crippen LogP contribution in [0.25, 0.3) is 10.8 Å². The predicted molar refractivity (Wildman–Crippen MR) is 89.1 cm³/mol. The summed E-state index contributed by atoms with van der Waals surface area (Å²) >= 11 is 6.18. The minimum absolute atomic E-state index is 0.439. The second kappa shape index (κ2) is 6.50. The Morgan fingerprint density at radius 3 is 2.68 bits per heavy atom. The van der Waals surface area contributed by atoms with Crippen molar-refractivity contribution in [1.29, 1.82) is 0 Å². The van der Waals surface area contributed by atoms with E-state index in [4.69, 9.17) is 21.5 Å². The van der Waals surface area contributed by atoms with E-state index in [0.717, 1.165) is 5.56 Å². The standard InChI is InChI=1S/C18H14ClNO2/c19-17-10-13(11-20-21)8-9-18(17)22-12-15-6-3-5-14-4-1-2-7-16(14)15/h1-11,21H,12H2/b20-11-. The van der Waals surface area contributed by atoms with Gasteiger partial charge in [-0.1, -0.05) is 59.2 Å². The van der Waals surface area contributed by atoms with Gasteiger partial charge in [-0.2, -0.15) is 0 Å². The number of hydrogen-bond acceptors (Lipinski definition) is 3. The summed E-state index contributed by atoms with van der Waals surface area (Å²) in [6, 6.07) is 19.6. The van der Waals surface area contributed by atoms with Gasteiger partial charge in [-0.05, 0) is 40.1 Å². The van der Waals surface area contributed by atoms with Crippen LogP contribution in [0.1, 0.15) is 11.1 Å². The third-order valence-corrected chi connectivity index (χ3v) is 3.72. The zero-order chi connectivity index (χ0) is 15.4. The molecule has 0 amide bonds. The van der Waals surface area contributed by atoms with Crippen LogP contribution < -0.4 is 4.74 Å². The van der Waals surface area contributed by atoms with Crippen molar-refractivity contribution in [1.82, 2.24) is 0 Å². The van der Waals surface area contributed by atoms with Gasteiger partial charge in [0.2, 0.25) is 0 Å². The number of nitrogens with zero attached hydrogens (tertiary/aromatic N) is 1. The third-order valence-electron chi connectivity index (χ3n) is 3.43. The van der Waals surface area contributed by atoms with E-state index in [0.29, 0.717) is 22.9 Å². The lowest BCUT2D eigenvalue weighted by Crippen LogP contribution is -1.97. The molecular weight excluding hydrogens is 298 g/mol. The highest BCUT2D eigenvalue weighted by molar-refractivity contribution is 6.32.